The number of amides is 2. The number of thioether (sulfide) groups is 1. The summed E-state index contributed by atoms with van der Waals surface area (Å²) in [5.74, 6) is 1.37. The fourth-order valence-electron chi connectivity index (χ4n) is 2.69. The molecule has 0 unspecified atom stereocenters. The predicted octanol–water partition coefficient (Wildman–Crippen LogP) is 4.83. The molecule has 0 saturated carbocycles. The molecule has 3 rings (SSSR count). The maximum atomic E-state index is 12.4. The van der Waals surface area contributed by atoms with Crippen molar-refractivity contribution in [2.24, 2.45) is 0 Å². The molecule has 5 nitrogen and oxygen atoms in total. The van der Waals surface area contributed by atoms with Gasteiger partial charge in [0, 0.05) is 6.08 Å². The summed E-state index contributed by atoms with van der Waals surface area (Å²) < 4.78 is 11.1. The zero-order chi connectivity index (χ0) is 18.7. The summed E-state index contributed by atoms with van der Waals surface area (Å²) in [6, 6.07) is 9.57. The number of ether oxygens (including phenoxy) is 1. The molecular formula is C20H21NO4S. The van der Waals surface area contributed by atoms with E-state index in [0.717, 1.165) is 28.6 Å². The lowest BCUT2D eigenvalue weighted by molar-refractivity contribution is -0.123. The Balaban J connectivity index is 1.65. The SMILES string of the molecule is Cc1ccc(C(C)C)c(OCCN2C(=O)S/C(=C\c3ccco3)C2=O)c1. The number of nitrogens with zero attached hydrogens (tertiary/aromatic N) is 1. The monoisotopic (exact) mass is 371 g/mol. The smallest absolute Gasteiger partial charge is 0.293 e. The Morgan fingerprint density at radius 2 is 2.08 bits per heavy atom. The predicted molar refractivity (Wildman–Crippen MR) is 102 cm³/mol. The third kappa shape index (κ3) is 4.02. The van der Waals surface area contributed by atoms with Crippen LogP contribution in [0, 0.1) is 6.92 Å². The van der Waals surface area contributed by atoms with Gasteiger partial charge in [-0.1, -0.05) is 26.0 Å². The lowest BCUT2D eigenvalue weighted by atomic mass is 10.0. The summed E-state index contributed by atoms with van der Waals surface area (Å²) in [6.45, 7) is 6.69. The molecule has 0 atom stereocenters. The van der Waals surface area contributed by atoms with Crippen molar-refractivity contribution in [1.29, 1.82) is 0 Å². The third-order valence-electron chi connectivity index (χ3n) is 4.05. The topological polar surface area (TPSA) is 59.8 Å². The summed E-state index contributed by atoms with van der Waals surface area (Å²) in [5.41, 5.74) is 2.22. The van der Waals surface area contributed by atoms with E-state index in [0.29, 0.717) is 16.6 Å². The Morgan fingerprint density at radius 3 is 2.77 bits per heavy atom. The summed E-state index contributed by atoms with van der Waals surface area (Å²) >= 11 is 0.920. The van der Waals surface area contributed by atoms with Gasteiger partial charge in [0.25, 0.3) is 11.1 Å². The zero-order valence-corrected chi connectivity index (χ0v) is 15.8. The van der Waals surface area contributed by atoms with E-state index in [2.05, 4.69) is 26.0 Å². The average molecular weight is 371 g/mol. The van der Waals surface area contributed by atoms with Gasteiger partial charge in [-0.25, -0.2) is 0 Å². The maximum absolute atomic E-state index is 12.4. The summed E-state index contributed by atoms with van der Waals surface area (Å²) in [4.78, 5) is 26.1. The van der Waals surface area contributed by atoms with Crippen molar-refractivity contribution in [3.8, 4) is 5.75 Å². The highest BCUT2D eigenvalue weighted by atomic mass is 32.2. The van der Waals surface area contributed by atoms with Gasteiger partial charge in [0.1, 0.15) is 18.1 Å². The highest BCUT2D eigenvalue weighted by Gasteiger charge is 2.35. The number of carbonyl (C=O) groups excluding carboxylic acids is 2. The summed E-state index contributed by atoms with van der Waals surface area (Å²) in [7, 11) is 0. The first kappa shape index (κ1) is 18.3. The van der Waals surface area contributed by atoms with Crippen LogP contribution in [0.2, 0.25) is 0 Å². The van der Waals surface area contributed by atoms with E-state index in [4.69, 9.17) is 9.15 Å². The summed E-state index contributed by atoms with van der Waals surface area (Å²) in [6.07, 6.45) is 3.11. The second kappa shape index (κ2) is 7.83. The van der Waals surface area contributed by atoms with Crippen LogP contribution in [0.3, 0.4) is 0 Å². The number of furan rings is 1. The molecule has 2 amide bonds. The van der Waals surface area contributed by atoms with Gasteiger partial charge in [0.15, 0.2) is 0 Å². The number of imide groups is 1. The van der Waals surface area contributed by atoms with E-state index < -0.39 is 0 Å². The van der Waals surface area contributed by atoms with E-state index >= 15 is 0 Å². The molecule has 1 aromatic carbocycles. The Morgan fingerprint density at radius 1 is 1.27 bits per heavy atom. The molecule has 1 aliphatic heterocycles. The van der Waals surface area contributed by atoms with Crippen LogP contribution in [-0.4, -0.2) is 29.2 Å². The van der Waals surface area contributed by atoms with Crippen molar-refractivity contribution in [3.05, 3.63) is 58.4 Å². The molecule has 1 fully saturated rings. The van der Waals surface area contributed by atoms with Crippen LogP contribution >= 0.6 is 11.8 Å². The highest BCUT2D eigenvalue weighted by Crippen LogP contribution is 2.32. The molecule has 0 bridgehead atoms. The van der Waals surface area contributed by atoms with E-state index in [9.17, 15) is 9.59 Å². The minimum absolute atomic E-state index is 0.214. The second-order valence-electron chi connectivity index (χ2n) is 6.39. The standard InChI is InChI=1S/C20H21NO4S/c1-13(2)16-7-6-14(3)11-17(16)25-10-8-21-19(22)18(26-20(21)23)12-15-5-4-9-24-15/h4-7,9,11-13H,8,10H2,1-3H3/b18-12-. The van der Waals surface area contributed by atoms with Gasteiger partial charge in [0.2, 0.25) is 0 Å². The first-order chi connectivity index (χ1) is 12.5. The molecule has 0 N–H and O–H groups in total. The van der Waals surface area contributed by atoms with Crippen molar-refractivity contribution >= 4 is 29.0 Å². The van der Waals surface area contributed by atoms with Crippen LogP contribution in [0.15, 0.2) is 45.9 Å². The van der Waals surface area contributed by atoms with Crippen molar-refractivity contribution in [2.75, 3.05) is 13.2 Å². The molecule has 26 heavy (non-hydrogen) atoms. The van der Waals surface area contributed by atoms with Gasteiger partial charge >= 0.3 is 0 Å². The Kier molecular flexibility index (Phi) is 5.52. The normalized spacial score (nSPS) is 16.2. The molecule has 136 valence electrons. The Hall–Kier alpha value is -2.47. The maximum Gasteiger partial charge on any atom is 0.293 e. The van der Waals surface area contributed by atoms with Gasteiger partial charge in [-0.3, -0.25) is 14.5 Å². The number of carbonyl (C=O) groups is 2. The quantitative estimate of drug-likeness (QED) is 0.681. The minimum atomic E-state index is -0.312. The van der Waals surface area contributed by atoms with Crippen LogP contribution in [0.25, 0.3) is 6.08 Å². The van der Waals surface area contributed by atoms with Gasteiger partial charge in [-0.2, -0.15) is 0 Å². The zero-order valence-electron chi connectivity index (χ0n) is 15.0. The molecule has 0 radical (unpaired) electrons. The molecule has 1 aliphatic rings. The fraction of sp³-hybridized carbons (Fsp3) is 0.300. The lowest BCUT2D eigenvalue weighted by Crippen LogP contribution is -2.32. The van der Waals surface area contributed by atoms with Crippen molar-refractivity contribution in [1.82, 2.24) is 4.90 Å². The largest absolute Gasteiger partial charge is 0.491 e. The van der Waals surface area contributed by atoms with Crippen molar-refractivity contribution in [2.45, 2.75) is 26.7 Å². The Labute approximate surface area is 157 Å². The lowest BCUT2D eigenvalue weighted by Gasteiger charge is -2.17. The minimum Gasteiger partial charge on any atom is -0.491 e. The molecule has 2 heterocycles. The number of benzene rings is 1. The molecule has 0 aliphatic carbocycles. The molecule has 1 aromatic heterocycles. The molecule has 2 aromatic rings. The van der Waals surface area contributed by atoms with Crippen LogP contribution < -0.4 is 4.74 Å². The molecule has 0 spiro atoms. The Bertz CT molecular complexity index is 840. The van der Waals surface area contributed by atoms with E-state index in [1.807, 2.05) is 13.0 Å². The number of hydrogen-bond donors (Lipinski definition) is 0. The van der Waals surface area contributed by atoms with Crippen LogP contribution in [0.5, 0.6) is 5.75 Å². The van der Waals surface area contributed by atoms with E-state index in [-0.39, 0.29) is 24.3 Å². The van der Waals surface area contributed by atoms with Gasteiger partial charge < -0.3 is 9.15 Å². The van der Waals surface area contributed by atoms with Gasteiger partial charge in [0.05, 0.1) is 17.7 Å². The first-order valence-electron chi connectivity index (χ1n) is 8.48. The number of hydrogen-bond acceptors (Lipinski definition) is 5. The van der Waals surface area contributed by atoms with Crippen molar-refractivity contribution in [3.63, 3.8) is 0 Å². The second-order valence-corrected chi connectivity index (χ2v) is 7.39. The van der Waals surface area contributed by atoms with Crippen molar-refractivity contribution < 1.29 is 18.7 Å². The third-order valence-corrected chi connectivity index (χ3v) is 4.96. The molecular weight excluding hydrogens is 350 g/mol. The van der Waals surface area contributed by atoms with Crippen LogP contribution in [-0.2, 0) is 4.79 Å². The first-order valence-corrected chi connectivity index (χ1v) is 9.29. The van der Waals surface area contributed by atoms with E-state index in [1.54, 1.807) is 18.2 Å². The average Bonchev–Trinajstić information content (AvgIpc) is 3.18. The van der Waals surface area contributed by atoms with Gasteiger partial charge in [-0.15, -0.1) is 0 Å². The molecule has 1 saturated heterocycles. The summed E-state index contributed by atoms with van der Waals surface area (Å²) in [5, 5.41) is -0.287. The number of rotatable bonds is 6. The number of aryl methyl sites for hydroxylation is 1. The fourth-order valence-corrected chi connectivity index (χ4v) is 3.53. The highest BCUT2D eigenvalue weighted by molar-refractivity contribution is 8.18. The molecule has 6 heteroatoms. The van der Waals surface area contributed by atoms with E-state index in [1.165, 1.54) is 11.2 Å². The van der Waals surface area contributed by atoms with Gasteiger partial charge in [-0.05, 0) is 53.9 Å². The van der Waals surface area contributed by atoms with Crippen LogP contribution in [0.4, 0.5) is 4.79 Å². The van der Waals surface area contributed by atoms with Crippen LogP contribution in [0.1, 0.15) is 36.7 Å².